The van der Waals surface area contributed by atoms with Gasteiger partial charge in [0.2, 0.25) is 5.69 Å². The number of nitro benzene ring substituents is 1. The lowest BCUT2D eigenvalue weighted by Gasteiger charge is -2.20. The van der Waals surface area contributed by atoms with Gasteiger partial charge >= 0.3 is 0 Å². The van der Waals surface area contributed by atoms with Gasteiger partial charge in [0, 0.05) is 40.5 Å². The Hall–Kier alpha value is -3.03. The molecular formula is C21H23N2O5+. The van der Waals surface area contributed by atoms with E-state index in [0.29, 0.717) is 12.1 Å². The van der Waals surface area contributed by atoms with Crippen LogP contribution in [0.25, 0.3) is 5.57 Å². The maximum absolute atomic E-state index is 11.3. The summed E-state index contributed by atoms with van der Waals surface area (Å²) in [5, 5.41) is 41.0. The number of β-amino-alcohol motifs (C(OH)–C–C–N with tert-alkyl or cyclic N) is 1. The Balaban J connectivity index is 2.25. The molecule has 0 aliphatic carbocycles. The smallest absolute Gasteiger partial charge is 0.270 e. The van der Waals surface area contributed by atoms with E-state index in [0.717, 1.165) is 23.0 Å². The Kier molecular flexibility index (Phi) is 5.06. The zero-order chi connectivity index (χ0) is 20.6. The molecule has 3 rings (SSSR count). The van der Waals surface area contributed by atoms with Gasteiger partial charge in [-0.2, -0.15) is 4.58 Å². The summed E-state index contributed by atoms with van der Waals surface area (Å²) in [6.45, 7) is 7.83. The monoisotopic (exact) mass is 383 g/mol. The molecule has 0 amide bonds. The van der Waals surface area contributed by atoms with Crippen molar-refractivity contribution < 1.29 is 24.8 Å². The molecule has 1 aliphatic rings. The van der Waals surface area contributed by atoms with Crippen LogP contribution in [0.15, 0.2) is 43.0 Å². The number of aliphatic hydroxyl groups is 2. The first-order chi connectivity index (χ1) is 13.2. The van der Waals surface area contributed by atoms with Gasteiger partial charge in [-0.25, -0.2) is 0 Å². The van der Waals surface area contributed by atoms with Crippen LogP contribution in [0.2, 0.25) is 0 Å². The molecule has 146 valence electrons. The molecule has 0 saturated heterocycles. The molecule has 0 aromatic heterocycles. The van der Waals surface area contributed by atoms with Crippen molar-refractivity contribution in [3.8, 4) is 5.75 Å². The van der Waals surface area contributed by atoms with Crippen molar-refractivity contribution >= 4 is 22.7 Å². The molecule has 0 saturated carbocycles. The Bertz CT molecular complexity index is 1010. The third kappa shape index (κ3) is 2.98. The van der Waals surface area contributed by atoms with E-state index in [2.05, 4.69) is 6.58 Å². The van der Waals surface area contributed by atoms with Crippen LogP contribution in [0.1, 0.15) is 30.5 Å². The van der Waals surface area contributed by atoms with Gasteiger partial charge in [-0.15, -0.1) is 0 Å². The second-order valence-electron chi connectivity index (χ2n) is 7.26. The van der Waals surface area contributed by atoms with E-state index in [1.807, 2.05) is 42.7 Å². The van der Waals surface area contributed by atoms with E-state index in [1.54, 1.807) is 0 Å². The largest absolute Gasteiger partial charge is 0.507 e. The van der Waals surface area contributed by atoms with Crippen molar-refractivity contribution in [1.82, 2.24) is 0 Å². The fourth-order valence-electron chi connectivity index (χ4n) is 3.96. The number of aliphatic hydroxyl groups excluding tert-OH is 2. The van der Waals surface area contributed by atoms with E-state index in [4.69, 9.17) is 0 Å². The molecule has 7 heteroatoms. The highest BCUT2D eigenvalue weighted by atomic mass is 16.6. The van der Waals surface area contributed by atoms with E-state index in [1.165, 1.54) is 6.07 Å². The van der Waals surface area contributed by atoms with Crippen molar-refractivity contribution in [2.24, 2.45) is 0 Å². The highest BCUT2D eigenvalue weighted by Gasteiger charge is 2.47. The second-order valence-corrected chi connectivity index (χ2v) is 7.26. The SMILES string of the molecule is C=C(C1=[N+](CCO)c2ccccc2C1(C)C)c1cc([N+](=O)[O-])cc(CO)c1O. The lowest BCUT2D eigenvalue weighted by atomic mass is 9.77. The summed E-state index contributed by atoms with van der Waals surface area (Å²) in [6.07, 6.45) is 0. The van der Waals surface area contributed by atoms with Crippen LogP contribution in [0.4, 0.5) is 11.4 Å². The number of fused-ring (bicyclic) bond motifs is 1. The number of phenols is 1. The normalized spacial score (nSPS) is 14.9. The first-order valence-corrected chi connectivity index (χ1v) is 8.90. The van der Waals surface area contributed by atoms with E-state index in [-0.39, 0.29) is 29.2 Å². The fraction of sp³-hybridized carbons (Fsp3) is 0.286. The summed E-state index contributed by atoms with van der Waals surface area (Å²) in [5.41, 5.74) is 2.62. The summed E-state index contributed by atoms with van der Waals surface area (Å²) in [4.78, 5) is 10.7. The number of nitrogens with zero attached hydrogens (tertiary/aromatic N) is 2. The lowest BCUT2D eigenvalue weighted by Crippen LogP contribution is -2.31. The van der Waals surface area contributed by atoms with Gasteiger partial charge in [-0.3, -0.25) is 10.1 Å². The number of aromatic hydroxyl groups is 1. The van der Waals surface area contributed by atoms with Gasteiger partial charge in [0.05, 0.1) is 16.9 Å². The summed E-state index contributed by atoms with van der Waals surface area (Å²) in [7, 11) is 0. The zero-order valence-corrected chi connectivity index (χ0v) is 15.8. The molecule has 0 radical (unpaired) electrons. The molecule has 2 aromatic rings. The minimum absolute atomic E-state index is 0.0629. The quantitative estimate of drug-likeness (QED) is 0.404. The van der Waals surface area contributed by atoms with Crippen LogP contribution >= 0.6 is 0 Å². The van der Waals surface area contributed by atoms with Crippen LogP contribution in [-0.2, 0) is 12.0 Å². The molecule has 1 heterocycles. The maximum Gasteiger partial charge on any atom is 0.270 e. The zero-order valence-electron chi connectivity index (χ0n) is 15.8. The van der Waals surface area contributed by atoms with Gasteiger partial charge in [0.25, 0.3) is 5.69 Å². The molecule has 0 bridgehead atoms. The molecule has 0 fully saturated rings. The van der Waals surface area contributed by atoms with Crippen LogP contribution in [0, 0.1) is 10.1 Å². The summed E-state index contributed by atoms with van der Waals surface area (Å²) >= 11 is 0. The molecule has 0 unspecified atom stereocenters. The van der Waals surface area contributed by atoms with E-state index >= 15 is 0 Å². The van der Waals surface area contributed by atoms with Gasteiger partial charge < -0.3 is 15.3 Å². The van der Waals surface area contributed by atoms with Crippen molar-refractivity contribution in [1.29, 1.82) is 0 Å². The number of para-hydroxylation sites is 1. The average Bonchev–Trinajstić information content (AvgIpc) is 2.89. The predicted molar refractivity (Wildman–Crippen MR) is 106 cm³/mol. The Morgan fingerprint density at radius 1 is 1.25 bits per heavy atom. The molecule has 1 aliphatic heterocycles. The molecule has 2 aromatic carbocycles. The second kappa shape index (κ2) is 7.18. The topological polar surface area (TPSA) is 107 Å². The van der Waals surface area contributed by atoms with Crippen LogP contribution in [-0.4, -0.2) is 43.7 Å². The highest BCUT2D eigenvalue weighted by Crippen LogP contribution is 2.44. The highest BCUT2D eigenvalue weighted by molar-refractivity contribution is 6.27. The van der Waals surface area contributed by atoms with E-state index < -0.39 is 16.9 Å². The minimum Gasteiger partial charge on any atom is -0.507 e. The van der Waals surface area contributed by atoms with Crippen molar-refractivity contribution in [3.63, 3.8) is 0 Å². The lowest BCUT2D eigenvalue weighted by molar-refractivity contribution is -0.440. The van der Waals surface area contributed by atoms with Crippen LogP contribution in [0.3, 0.4) is 0 Å². The molecule has 0 atom stereocenters. The molecule has 3 N–H and O–H groups in total. The third-order valence-corrected chi connectivity index (χ3v) is 5.22. The Labute approximate surface area is 162 Å². The molecule has 7 nitrogen and oxygen atoms in total. The van der Waals surface area contributed by atoms with Crippen LogP contribution < -0.4 is 0 Å². The fourth-order valence-corrected chi connectivity index (χ4v) is 3.96. The van der Waals surface area contributed by atoms with Crippen molar-refractivity contribution in [2.75, 3.05) is 13.2 Å². The number of hydrogen-bond acceptors (Lipinski definition) is 5. The Morgan fingerprint density at radius 3 is 2.54 bits per heavy atom. The standard InChI is InChI=1S/C21H22N2O5/c1-13(16-11-15(23(27)28)10-14(12-25)19(16)26)20-21(2,3)17-6-4-5-7-18(17)22(20)8-9-24/h4-7,10-11,24-25H,1,8-9,12H2,2-3H3/p+1. The number of allylic oxidation sites excluding steroid dienone is 1. The van der Waals surface area contributed by atoms with Crippen LogP contribution in [0.5, 0.6) is 5.75 Å². The van der Waals surface area contributed by atoms with Crippen molar-refractivity contribution in [3.05, 3.63) is 69.8 Å². The average molecular weight is 383 g/mol. The summed E-state index contributed by atoms with van der Waals surface area (Å²) in [6, 6.07) is 10.2. The minimum atomic E-state index is -0.569. The maximum atomic E-state index is 11.3. The molecule has 0 spiro atoms. The number of hydrogen-bond donors (Lipinski definition) is 3. The van der Waals surface area contributed by atoms with Gasteiger partial charge in [0.15, 0.2) is 12.3 Å². The predicted octanol–water partition coefficient (Wildman–Crippen LogP) is 2.87. The first-order valence-electron chi connectivity index (χ1n) is 8.90. The van der Waals surface area contributed by atoms with Gasteiger partial charge in [-0.1, -0.05) is 24.8 Å². The molecule has 28 heavy (non-hydrogen) atoms. The number of benzene rings is 2. The number of non-ortho nitro benzene ring substituents is 1. The van der Waals surface area contributed by atoms with Gasteiger partial charge in [-0.05, 0) is 13.8 Å². The third-order valence-electron chi connectivity index (χ3n) is 5.22. The Morgan fingerprint density at radius 2 is 1.93 bits per heavy atom. The molecular weight excluding hydrogens is 360 g/mol. The first kappa shape index (κ1) is 19.7. The van der Waals surface area contributed by atoms with Gasteiger partial charge in [0.1, 0.15) is 12.4 Å². The van der Waals surface area contributed by atoms with Crippen molar-refractivity contribution in [2.45, 2.75) is 25.9 Å². The summed E-state index contributed by atoms with van der Waals surface area (Å²) < 4.78 is 1.93. The van der Waals surface area contributed by atoms with E-state index in [9.17, 15) is 25.4 Å². The number of rotatable bonds is 6. The summed E-state index contributed by atoms with van der Waals surface area (Å²) in [5.74, 6) is -0.235. The number of nitro groups is 1.